The number of hydrogen-bond acceptors (Lipinski definition) is 4. The molecule has 0 unspecified atom stereocenters. The van der Waals surface area contributed by atoms with Gasteiger partial charge >= 0.3 is 0 Å². The molecule has 1 aliphatic carbocycles. The number of hydrazone groups is 1. The summed E-state index contributed by atoms with van der Waals surface area (Å²) in [6.45, 7) is 0. The van der Waals surface area contributed by atoms with E-state index in [0.29, 0.717) is 17.0 Å². The van der Waals surface area contributed by atoms with Crippen LogP contribution in [0, 0.1) is 0 Å². The topological polar surface area (TPSA) is 49.7 Å². The van der Waals surface area contributed by atoms with Crippen molar-refractivity contribution in [1.82, 2.24) is 0 Å². The molecule has 0 fully saturated rings. The van der Waals surface area contributed by atoms with Crippen molar-refractivity contribution in [3.8, 4) is 0 Å². The highest BCUT2D eigenvalue weighted by Crippen LogP contribution is 2.33. The van der Waals surface area contributed by atoms with Crippen molar-refractivity contribution in [2.75, 3.05) is 10.8 Å². The van der Waals surface area contributed by atoms with Crippen molar-refractivity contribution in [2.24, 2.45) is 5.10 Å². The fraction of sp³-hybridized carbons (Fsp3) is 0.0556. The molecule has 6 heteroatoms. The maximum atomic E-state index is 12.5. The number of amides is 1. The van der Waals surface area contributed by atoms with E-state index in [2.05, 4.69) is 21.0 Å². The summed E-state index contributed by atoms with van der Waals surface area (Å²) < 4.78 is 0.935. The van der Waals surface area contributed by atoms with Crippen molar-refractivity contribution in [3.63, 3.8) is 0 Å². The minimum absolute atomic E-state index is 0.0448. The Morgan fingerprint density at radius 1 is 1.00 bits per heavy atom. The third-order valence-electron chi connectivity index (χ3n) is 3.80. The van der Waals surface area contributed by atoms with Gasteiger partial charge in [-0.3, -0.25) is 9.59 Å². The van der Waals surface area contributed by atoms with Gasteiger partial charge in [0.15, 0.2) is 5.78 Å². The van der Waals surface area contributed by atoms with Crippen LogP contribution in [0.1, 0.15) is 15.9 Å². The van der Waals surface area contributed by atoms with Crippen LogP contribution in [0.15, 0.2) is 69.1 Å². The fourth-order valence-electron chi connectivity index (χ4n) is 2.66. The zero-order chi connectivity index (χ0) is 16.7. The van der Waals surface area contributed by atoms with Crippen LogP contribution in [-0.4, -0.2) is 23.2 Å². The second-order valence-corrected chi connectivity index (χ2v) is 7.27. The second-order valence-electron chi connectivity index (χ2n) is 5.34. The molecule has 0 aromatic heterocycles. The molecule has 0 saturated carbocycles. The summed E-state index contributed by atoms with van der Waals surface area (Å²) in [6.07, 6.45) is 1.57. The molecule has 1 amide bonds. The Hall–Kier alpha value is -2.18. The molecule has 118 valence electrons. The molecule has 1 heterocycles. The quantitative estimate of drug-likeness (QED) is 0.728. The molecule has 2 aromatic rings. The number of benzene rings is 2. The molecule has 0 bridgehead atoms. The number of carbonyl (C=O) groups excluding carboxylic acids is 2. The first-order valence-electron chi connectivity index (χ1n) is 7.29. The van der Waals surface area contributed by atoms with Gasteiger partial charge in [0, 0.05) is 26.6 Å². The summed E-state index contributed by atoms with van der Waals surface area (Å²) in [5.74, 6) is 0.0799. The Morgan fingerprint density at radius 3 is 2.46 bits per heavy atom. The molecule has 24 heavy (non-hydrogen) atoms. The van der Waals surface area contributed by atoms with Gasteiger partial charge in [-0.25, -0.2) is 0 Å². The van der Waals surface area contributed by atoms with Gasteiger partial charge in [0.05, 0.1) is 11.4 Å². The number of thioether (sulfide) groups is 1. The lowest BCUT2D eigenvalue weighted by molar-refractivity contribution is -0.116. The molecule has 0 saturated heterocycles. The number of hydrogen-bond donors (Lipinski definition) is 0. The molecule has 4 rings (SSSR count). The average Bonchev–Trinajstić information content (AvgIpc) is 2.76. The predicted molar refractivity (Wildman–Crippen MR) is 99.5 cm³/mol. The van der Waals surface area contributed by atoms with Crippen molar-refractivity contribution < 1.29 is 9.59 Å². The van der Waals surface area contributed by atoms with Crippen LogP contribution >= 0.6 is 27.7 Å². The van der Waals surface area contributed by atoms with E-state index in [1.54, 1.807) is 12.1 Å². The zero-order valence-electron chi connectivity index (χ0n) is 12.4. The Balaban J connectivity index is 1.88. The van der Waals surface area contributed by atoms with Gasteiger partial charge in [-0.2, -0.15) is 10.1 Å². The zero-order valence-corrected chi connectivity index (χ0v) is 14.8. The van der Waals surface area contributed by atoms with Crippen molar-refractivity contribution in [1.29, 1.82) is 0 Å². The molecule has 1 aliphatic heterocycles. The summed E-state index contributed by atoms with van der Waals surface area (Å²) in [7, 11) is 0. The molecule has 2 aromatic carbocycles. The van der Waals surface area contributed by atoms with E-state index >= 15 is 0 Å². The fourth-order valence-corrected chi connectivity index (χ4v) is 3.80. The van der Waals surface area contributed by atoms with Gasteiger partial charge in [-0.1, -0.05) is 40.2 Å². The van der Waals surface area contributed by atoms with Crippen LogP contribution in [0.2, 0.25) is 0 Å². The van der Waals surface area contributed by atoms with Gasteiger partial charge in [0.25, 0.3) is 5.91 Å². The molecular weight excluding hydrogens is 388 g/mol. The van der Waals surface area contributed by atoms with E-state index in [1.807, 2.05) is 42.5 Å². The standard InChI is InChI=1S/C18H11BrN2O2S/c19-11-5-7-12(8-6-11)21-17(23)10-24-16-9-15(22)13-3-1-2-4-14(13)18(16)20-21/h1-9H,10H2. The SMILES string of the molecule is O=C1C=C2SCC(=O)N(c3ccc(Br)cc3)N=C2c2ccccc21. The molecule has 0 spiro atoms. The highest BCUT2D eigenvalue weighted by molar-refractivity contribution is 9.10. The smallest absolute Gasteiger partial charge is 0.257 e. The average molecular weight is 399 g/mol. The molecule has 2 aliphatic rings. The number of ketones is 1. The summed E-state index contributed by atoms with van der Waals surface area (Å²) in [6, 6.07) is 14.8. The molecular formula is C18H11BrN2O2S. The number of fused-ring (bicyclic) bond motifs is 3. The van der Waals surface area contributed by atoms with E-state index in [9.17, 15) is 9.59 Å². The van der Waals surface area contributed by atoms with E-state index in [1.165, 1.54) is 16.8 Å². The molecule has 0 N–H and O–H groups in total. The molecule has 4 nitrogen and oxygen atoms in total. The van der Waals surface area contributed by atoms with Crippen LogP contribution in [0.3, 0.4) is 0 Å². The first-order valence-corrected chi connectivity index (χ1v) is 9.07. The number of halogens is 1. The number of nitrogens with zero attached hydrogens (tertiary/aromatic N) is 2. The number of allylic oxidation sites excluding steroid dienone is 2. The summed E-state index contributed by atoms with van der Waals surface area (Å²) in [5.41, 5.74) is 2.76. The normalized spacial score (nSPS) is 16.8. The Kier molecular flexibility index (Phi) is 3.86. The van der Waals surface area contributed by atoms with Crippen molar-refractivity contribution >= 4 is 50.8 Å². The molecule has 0 atom stereocenters. The minimum atomic E-state index is -0.116. The Morgan fingerprint density at radius 2 is 1.71 bits per heavy atom. The van der Waals surface area contributed by atoms with Crippen LogP contribution in [-0.2, 0) is 4.79 Å². The lowest BCUT2D eigenvalue weighted by Crippen LogP contribution is -2.27. The van der Waals surface area contributed by atoms with E-state index < -0.39 is 0 Å². The Bertz CT molecular complexity index is 919. The van der Waals surface area contributed by atoms with Crippen LogP contribution in [0.5, 0.6) is 0 Å². The van der Waals surface area contributed by atoms with E-state index in [4.69, 9.17) is 0 Å². The monoisotopic (exact) mass is 398 g/mol. The lowest BCUT2D eigenvalue weighted by atomic mass is 9.94. The van der Waals surface area contributed by atoms with E-state index in [-0.39, 0.29) is 17.4 Å². The number of anilines is 1. The van der Waals surface area contributed by atoms with E-state index in [0.717, 1.165) is 14.9 Å². The largest absolute Gasteiger partial charge is 0.289 e. The third kappa shape index (κ3) is 2.61. The minimum Gasteiger partial charge on any atom is -0.289 e. The number of carbonyl (C=O) groups is 2. The van der Waals surface area contributed by atoms with Gasteiger partial charge in [-0.15, -0.1) is 11.8 Å². The number of rotatable bonds is 1. The lowest BCUT2D eigenvalue weighted by Gasteiger charge is -2.18. The van der Waals surface area contributed by atoms with Gasteiger partial charge in [-0.05, 0) is 24.3 Å². The van der Waals surface area contributed by atoms with Crippen molar-refractivity contribution in [3.05, 3.63) is 75.1 Å². The summed E-state index contributed by atoms with van der Waals surface area (Å²) >= 11 is 4.75. The van der Waals surface area contributed by atoms with Crippen LogP contribution in [0.25, 0.3) is 0 Å². The predicted octanol–water partition coefficient (Wildman–Crippen LogP) is 4.01. The first-order chi connectivity index (χ1) is 11.6. The Labute approximate surface area is 151 Å². The summed E-state index contributed by atoms with van der Waals surface area (Å²) in [5, 5.41) is 6.02. The maximum absolute atomic E-state index is 12.5. The highest BCUT2D eigenvalue weighted by atomic mass is 79.9. The highest BCUT2D eigenvalue weighted by Gasteiger charge is 2.29. The third-order valence-corrected chi connectivity index (χ3v) is 5.34. The second kappa shape index (κ2) is 6.03. The van der Waals surface area contributed by atoms with Gasteiger partial charge in [0.1, 0.15) is 5.71 Å². The first kappa shape index (κ1) is 15.4. The molecule has 0 radical (unpaired) electrons. The van der Waals surface area contributed by atoms with Gasteiger partial charge in [0.2, 0.25) is 0 Å². The van der Waals surface area contributed by atoms with Crippen LogP contribution < -0.4 is 5.01 Å². The van der Waals surface area contributed by atoms with Crippen molar-refractivity contribution in [2.45, 2.75) is 0 Å². The summed E-state index contributed by atoms with van der Waals surface area (Å²) in [4.78, 5) is 25.5. The van der Waals surface area contributed by atoms with Crippen LogP contribution in [0.4, 0.5) is 5.69 Å². The van der Waals surface area contributed by atoms with Gasteiger partial charge < -0.3 is 0 Å². The maximum Gasteiger partial charge on any atom is 0.257 e.